The van der Waals surface area contributed by atoms with E-state index >= 15 is 0 Å². The van der Waals surface area contributed by atoms with Crippen LogP contribution in [-0.4, -0.2) is 0 Å². The van der Waals surface area contributed by atoms with Crippen molar-refractivity contribution in [1.82, 2.24) is 0 Å². The zero-order valence-corrected chi connectivity index (χ0v) is 13.7. The molecule has 0 bridgehead atoms. The second-order valence-corrected chi connectivity index (χ2v) is 6.39. The highest BCUT2D eigenvalue weighted by atomic mass is 79.9. The number of rotatable bonds is 2. The maximum absolute atomic E-state index is 13.7. The van der Waals surface area contributed by atoms with Crippen molar-refractivity contribution in [2.75, 3.05) is 0 Å². The quantitative estimate of drug-likeness (QED) is 0.504. The van der Waals surface area contributed by atoms with Gasteiger partial charge in [-0.15, -0.1) is 0 Å². The normalized spacial score (nSPS) is 12.5. The molecule has 0 saturated heterocycles. The van der Waals surface area contributed by atoms with Crippen LogP contribution in [0.2, 0.25) is 0 Å². The molecular weight excluding hydrogens is 434 g/mol. The molecule has 18 heavy (non-hydrogen) atoms. The number of hydrogen-bond acceptors (Lipinski definition) is 0. The molecule has 0 heterocycles. The maximum Gasteiger partial charge on any atom is 0.137 e. The average molecular weight is 441 g/mol. The molecular formula is C13H7Br3F2. The van der Waals surface area contributed by atoms with E-state index in [0.29, 0.717) is 10.0 Å². The minimum atomic E-state index is -0.340. The number of hydrogen-bond donors (Lipinski definition) is 0. The van der Waals surface area contributed by atoms with Gasteiger partial charge in [-0.05, 0) is 51.8 Å². The summed E-state index contributed by atoms with van der Waals surface area (Å²) in [5.74, 6) is -0.645. The molecule has 0 fully saturated rings. The summed E-state index contributed by atoms with van der Waals surface area (Å²) < 4.78 is 28.1. The number of benzene rings is 2. The van der Waals surface area contributed by atoms with E-state index in [9.17, 15) is 8.78 Å². The lowest BCUT2D eigenvalue weighted by Crippen LogP contribution is -1.97. The predicted molar refractivity (Wildman–Crippen MR) is 79.0 cm³/mol. The molecule has 0 saturated carbocycles. The molecule has 94 valence electrons. The van der Waals surface area contributed by atoms with Gasteiger partial charge in [0.15, 0.2) is 0 Å². The van der Waals surface area contributed by atoms with E-state index in [4.69, 9.17) is 0 Å². The smallest absolute Gasteiger partial charge is 0.137 e. The molecule has 1 atom stereocenters. The van der Waals surface area contributed by atoms with Crippen molar-refractivity contribution < 1.29 is 8.78 Å². The first-order valence-electron chi connectivity index (χ1n) is 5.03. The molecule has 0 aromatic heterocycles. The van der Waals surface area contributed by atoms with Crippen LogP contribution in [0.1, 0.15) is 16.0 Å². The van der Waals surface area contributed by atoms with Crippen LogP contribution in [0.25, 0.3) is 0 Å². The van der Waals surface area contributed by atoms with Crippen molar-refractivity contribution in [1.29, 1.82) is 0 Å². The van der Waals surface area contributed by atoms with E-state index < -0.39 is 0 Å². The summed E-state index contributed by atoms with van der Waals surface area (Å²) in [5.41, 5.74) is 1.28. The largest absolute Gasteiger partial charge is 0.207 e. The molecule has 0 radical (unpaired) electrons. The summed E-state index contributed by atoms with van der Waals surface area (Å²) in [6, 6.07) is 9.34. The Balaban J connectivity index is 2.44. The van der Waals surface area contributed by atoms with Crippen molar-refractivity contribution in [3.63, 3.8) is 0 Å². The van der Waals surface area contributed by atoms with Crippen LogP contribution in [0.3, 0.4) is 0 Å². The van der Waals surface area contributed by atoms with Crippen molar-refractivity contribution in [3.05, 3.63) is 68.1 Å². The Labute approximate surface area is 129 Å². The third-order valence-corrected chi connectivity index (χ3v) is 4.59. The highest BCUT2D eigenvalue weighted by molar-refractivity contribution is 9.11. The van der Waals surface area contributed by atoms with Crippen LogP contribution in [0, 0.1) is 11.6 Å². The Kier molecular flexibility index (Phi) is 4.56. The summed E-state index contributed by atoms with van der Waals surface area (Å²) >= 11 is 9.86. The van der Waals surface area contributed by atoms with E-state index in [1.54, 1.807) is 24.3 Å². The molecule has 0 aliphatic rings. The molecule has 0 nitrogen and oxygen atoms in total. The van der Waals surface area contributed by atoms with Gasteiger partial charge in [0, 0.05) is 10.0 Å². The zero-order valence-electron chi connectivity index (χ0n) is 8.93. The number of alkyl halides is 1. The lowest BCUT2D eigenvalue weighted by Gasteiger charge is -2.13. The van der Waals surface area contributed by atoms with Gasteiger partial charge in [-0.1, -0.05) is 37.9 Å². The van der Waals surface area contributed by atoms with Gasteiger partial charge < -0.3 is 0 Å². The van der Waals surface area contributed by atoms with Crippen LogP contribution in [0.4, 0.5) is 8.78 Å². The van der Waals surface area contributed by atoms with Crippen molar-refractivity contribution in [2.45, 2.75) is 4.83 Å². The Hall–Kier alpha value is -0.260. The van der Waals surface area contributed by atoms with Gasteiger partial charge in [-0.25, -0.2) is 8.78 Å². The highest BCUT2D eigenvalue weighted by Crippen LogP contribution is 2.35. The van der Waals surface area contributed by atoms with E-state index in [1.807, 2.05) is 0 Å². The Morgan fingerprint density at radius 2 is 1.56 bits per heavy atom. The van der Waals surface area contributed by atoms with E-state index in [-0.39, 0.29) is 16.5 Å². The van der Waals surface area contributed by atoms with Gasteiger partial charge in [0.05, 0.1) is 9.30 Å². The lowest BCUT2D eigenvalue weighted by atomic mass is 10.0. The summed E-state index contributed by atoms with van der Waals surface area (Å²) in [5, 5.41) is 0. The molecule has 0 amide bonds. The number of halogens is 5. The van der Waals surface area contributed by atoms with Gasteiger partial charge in [0.25, 0.3) is 0 Å². The van der Waals surface area contributed by atoms with Crippen molar-refractivity contribution in [2.24, 2.45) is 0 Å². The average Bonchev–Trinajstić information content (AvgIpc) is 2.35. The third kappa shape index (κ3) is 3.00. The van der Waals surface area contributed by atoms with Crippen LogP contribution < -0.4 is 0 Å². The lowest BCUT2D eigenvalue weighted by molar-refractivity contribution is 0.612. The highest BCUT2D eigenvalue weighted by Gasteiger charge is 2.16. The van der Waals surface area contributed by atoms with Gasteiger partial charge in [0.2, 0.25) is 0 Å². The van der Waals surface area contributed by atoms with Crippen LogP contribution in [0.15, 0.2) is 45.3 Å². The van der Waals surface area contributed by atoms with Crippen molar-refractivity contribution in [3.8, 4) is 0 Å². The van der Waals surface area contributed by atoms with Gasteiger partial charge in [-0.3, -0.25) is 0 Å². The summed E-state index contributed by atoms with van der Waals surface area (Å²) in [4.78, 5) is -0.327. The van der Waals surface area contributed by atoms with E-state index in [1.165, 1.54) is 12.1 Å². The SMILES string of the molecule is Fc1ccc(C(Br)c2cc(Br)ccc2F)cc1Br. The topological polar surface area (TPSA) is 0 Å². The fraction of sp³-hybridized carbons (Fsp3) is 0.0769. The molecule has 0 aliphatic heterocycles. The van der Waals surface area contributed by atoms with E-state index in [2.05, 4.69) is 47.8 Å². The fourth-order valence-corrected chi connectivity index (χ4v) is 2.97. The van der Waals surface area contributed by atoms with Gasteiger partial charge in [0.1, 0.15) is 11.6 Å². The van der Waals surface area contributed by atoms with Crippen LogP contribution in [-0.2, 0) is 0 Å². The summed E-state index contributed by atoms with van der Waals surface area (Å²) in [6.07, 6.45) is 0. The second kappa shape index (κ2) is 5.80. The Morgan fingerprint density at radius 3 is 2.22 bits per heavy atom. The van der Waals surface area contributed by atoms with Crippen LogP contribution in [0.5, 0.6) is 0 Å². The molecule has 2 rings (SSSR count). The second-order valence-electron chi connectivity index (χ2n) is 3.70. The van der Waals surface area contributed by atoms with Gasteiger partial charge in [-0.2, -0.15) is 0 Å². The van der Waals surface area contributed by atoms with Gasteiger partial charge >= 0.3 is 0 Å². The molecule has 2 aromatic rings. The standard InChI is InChI=1S/C13H7Br3F2/c14-8-2-4-11(17)9(6-8)13(16)7-1-3-12(18)10(15)5-7/h1-6,13H. The molecule has 0 spiro atoms. The van der Waals surface area contributed by atoms with E-state index in [0.717, 1.165) is 10.0 Å². The summed E-state index contributed by atoms with van der Waals surface area (Å²) in [6.45, 7) is 0. The van der Waals surface area contributed by atoms with Crippen LogP contribution >= 0.6 is 47.8 Å². The minimum Gasteiger partial charge on any atom is -0.207 e. The Bertz CT molecular complexity index is 584. The molecule has 5 heteroatoms. The fourth-order valence-electron chi connectivity index (χ4n) is 1.56. The zero-order chi connectivity index (χ0) is 13.3. The first kappa shape index (κ1) is 14.2. The molecule has 0 N–H and O–H groups in total. The minimum absolute atomic E-state index is 0.305. The Morgan fingerprint density at radius 1 is 0.889 bits per heavy atom. The predicted octanol–water partition coefficient (Wildman–Crippen LogP) is 5.97. The maximum atomic E-state index is 13.7. The summed E-state index contributed by atoms with van der Waals surface area (Å²) in [7, 11) is 0. The third-order valence-electron chi connectivity index (χ3n) is 2.47. The monoisotopic (exact) mass is 438 g/mol. The molecule has 1 unspecified atom stereocenters. The first-order chi connectivity index (χ1) is 8.49. The first-order valence-corrected chi connectivity index (χ1v) is 7.53. The molecule has 0 aliphatic carbocycles. The molecule has 2 aromatic carbocycles. The van der Waals surface area contributed by atoms with Crippen molar-refractivity contribution >= 4 is 47.8 Å².